The van der Waals surface area contributed by atoms with Crippen LogP contribution in [0.15, 0.2) is 0 Å². The molecule has 15 nitrogen and oxygen atoms in total. The molecule has 2 N–H and O–H groups in total. The van der Waals surface area contributed by atoms with Crippen LogP contribution in [0.25, 0.3) is 0 Å². The van der Waals surface area contributed by atoms with Crippen molar-refractivity contribution in [3.05, 3.63) is 0 Å². The highest BCUT2D eigenvalue weighted by Crippen LogP contribution is 2.40. The molecule has 0 aromatic carbocycles. The number of nitrogens with one attached hydrogen (secondary N) is 1. The Morgan fingerprint density at radius 3 is 2.12 bits per heavy atom. The Morgan fingerprint density at radius 2 is 1.55 bits per heavy atom. The van der Waals surface area contributed by atoms with Crippen LogP contribution in [-0.4, -0.2) is 116 Å². The Morgan fingerprint density at radius 1 is 0.900 bits per heavy atom. The lowest BCUT2D eigenvalue weighted by Gasteiger charge is -2.45. The fourth-order valence-electron chi connectivity index (χ4n) is 4.92. The zero-order chi connectivity index (χ0) is 29.8. The Bertz CT molecular complexity index is 927. The molecule has 1 amide bonds. The molecule has 3 heterocycles. The lowest BCUT2D eigenvalue weighted by Crippen LogP contribution is -2.66. The van der Waals surface area contributed by atoms with E-state index in [4.69, 9.17) is 42.6 Å². The van der Waals surface area contributed by atoms with Gasteiger partial charge in [-0.05, 0) is 20.8 Å². The van der Waals surface area contributed by atoms with Gasteiger partial charge in [-0.15, -0.1) is 0 Å². The Hall–Kier alpha value is -2.40. The molecule has 3 rings (SSSR count). The lowest BCUT2D eigenvalue weighted by atomic mass is 9.96. The van der Waals surface area contributed by atoms with E-state index in [-0.39, 0.29) is 13.2 Å². The summed E-state index contributed by atoms with van der Waals surface area (Å²) in [7, 11) is 0. The fourth-order valence-corrected chi connectivity index (χ4v) is 4.92. The molecule has 0 spiro atoms. The van der Waals surface area contributed by atoms with Crippen LogP contribution in [0.1, 0.15) is 48.5 Å². The number of aliphatic hydroxyl groups is 1. The van der Waals surface area contributed by atoms with Crippen molar-refractivity contribution in [2.75, 3.05) is 19.8 Å². The first kappa shape index (κ1) is 32.1. The Labute approximate surface area is 231 Å². The summed E-state index contributed by atoms with van der Waals surface area (Å²) in [5.74, 6) is -3.52. The molecule has 0 aliphatic carbocycles. The average molecular weight is 578 g/mol. The van der Waals surface area contributed by atoms with Crippen LogP contribution in [0.5, 0.6) is 0 Å². The van der Waals surface area contributed by atoms with Crippen molar-refractivity contribution in [2.24, 2.45) is 0 Å². The molecule has 0 bridgehead atoms. The molecular weight excluding hydrogens is 538 g/mol. The molecule has 15 heteroatoms. The second-order valence-electron chi connectivity index (χ2n) is 10.1. The number of esters is 3. The third-order valence-electron chi connectivity index (χ3n) is 6.27. The van der Waals surface area contributed by atoms with Gasteiger partial charge in [0.15, 0.2) is 30.6 Å². The molecule has 40 heavy (non-hydrogen) atoms. The van der Waals surface area contributed by atoms with Crippen LogP contribution in [0.4, 0.5) is 0 Å². The van der Waals surface area contributed by atoms with Crippen molar-refractivity contribution < 1.29 is 66.9 Å². The van der Waals surface area contributed by atoms with E-state index in [0.717, 1.165) is 13.8 Å². The number of fused-ring (bicyclic) bond motifs is 1. The summed E-state index contributed by atoms with van der Waals surface area (Å²) >= 11 is 0. The van der Waals surface area contributed by atoms with Gasteiger partial charge in [0.05, 0.1) is 6.61 Å². The lowest BCUT2D eigenvalue weighted by molar-refractivity contribution is -0.286. The Kier molecular flexibility index (Phi) is 10.8. The third kappa shape index (κ3) is 8.09. The summed E-state index contributed by atoms with van der Waals surface area (Å²) in [6.07, 6.45) is -9.24. The zero-order valence-electron chi connectivity index (χ0n) is 23.6. The van der Waals surface area contributed by atoms with Gasteiger partial charge in [0, 0.05) is 34.3 Å². The molecule has 0 aromatic rings. The number of carbonyl (C=O) groups excluding carboxylic acids is 4. The molecule has 3 fully saturated rings. The van der Waals surface area contributed by atoms with E-state index in [9.17, 15) is 24.3 Å². The number of amides is 1. The molecule has 0 aromatic heterocycles. The summed E-state index contributed by atoms with van der Waals surface area (Å²) in [5, 5.41) is 13.6. The van der Waals surface area contributed by atoms with Gasteiger partial charge in [-0.2, -0.15) is 0 Å². The van der Waals surface area contributed by atoms with Gasteiger partial charge < -0.3 is 53.1 Å². The summed E-state index contributed by atoms with van der Waals surface area (Å²) in [6, 6.07) is -1.18. The number of rotatable bonds is 11. The van der Waals surface area contributed by atoms with Gasteiger partial charge >= 0.3 is 17.9 Å². The van der Waals surface area contributed by atoms with Crippen LogP contribution < -0.4 is 5.32 Å². The summed E-state index contributed by atoms with van der Waals surface area (Å²) < 4.78 is 51.1. The fraction of sp³-hybridized carbons (Fsp3) is 0.840. The SMILES string of the molecule is CCO[C@H]1[C@@H]2OC(C)(C)O[C@@H]2O[C@@H]1[C@H](O)CO[C@H]1O[C@@H](COC(C)=O)[C@@H](OC(C)=O)[C@@H](OC(C)=O)[C@H]1NC(C)=O. The number of ether oxygens (including phenoxy) is 9. The molecule has 0 radical (unpaired) electrons. The minimum absolute atomic E-state index is 0.320. The molecule has 0 saturated carbocycles. The maximum Gasteiger partial charge on any atom is 0.303 e. The van der Waals surface area contributed by atoms with Crippen LogP contribution in [0.2, 0.25) is 0 Å². The number of aliphatic hydroxyl groups excluding tert-OH is 1. The van der Waals surface area contributed by atoms with E-state index in [0.29, 0.717) is 6.61 Å². The first-order chi connectivity index (χ1) is 18.7. The quantitative estimate of drug-likeness (QED) is 0.232. The van der Waals surface area contributed by atoms with Crippen LogP contribution in [-0.2, 0) is 61.8 Å². The predicted molar refractivity (Wildman–Crippen MR) is 130 cm³/mol. The highest BCUT2D eigenvalue weighted by molar-refractivity contribution is 5.73. The molecule has 228 valence electrons. The topological polar surface area (TPSA) is 184 Å². The Balaban J connectivity index is 1.81. The van der Waals surface area contributed by atoms with E-state index in [2.05, 4.69) is 5.32 Å². The van der Waals surface area contributed by atoms with Gasteiger partial charge in [-0.1, -0.05) is 0 Å². The maximum atomic E-state index is 12.1. The minimum Gasteiger partial charge on any atom is -0.463 e. The van der Waals surface area contributed by atoms with Crippen LogP contribution >= 0.6 is 0 Å². The van der Waals surface area contributed by atoms with E-state index >= 15 is 0 Å². The third-order valence-corrected chi connectivity index (χ3v) is 6.27. The molecular formula is C25H39NO14. The molecule has 3 saturated heterocycles. The average Bonchev–Trinajstić information content (AvgIpc) is 3.31. The minimum atomic E-state index is -1.34. The second-order valence-corrected chi connectivity index (χ2v) is 10.1. The van der Waals surface area contributed by atoms with Crippen LogP contribution in [0, 0.1) is 0 Å². The largest absolute Gasteiger partial charge is 0.463 e. The monoisotopic (exact) mass is 577 g/mol. The highest BCUT2D eigenvalue weighted by Gasteiger charge is 2.57. The van der Waals surface area contributed by atoms with E-state index in [1.54, 1.807) is 20.8 Å². The van der Waals surface area contributed by atoms with E-state index in [1.807, 2.05) is 0 Å². The van der Waals surface area contributed by atoms with Crippen molar-refractivity contribution in [2.45, 2.75) is 116 Å². The summed E-state index contributed by atoms with van der Waals surface area (Å²) in [6.45, 7) is 9.50. The van der Waals surface area contributed by atoms with Gasteiger partial charge in [0.2, 0.25) is 5.91 Å². The molecule has 3 aliphatic rings. The van der Waals surface area contributed by atoms with Gasteiger partial charge in [-0.3, -0.25) is 19.2 Å². The van der Waals surface area contributed by atoms with E-state index < -0.39 is 91.0 Å². The smallest absolute Gasteiger partial charge is 0.303 e. The summed E-state index contributed by atoms with van der Waals surface area (Å²) in [4.78, 5) is 47.5. The molecule has 10 atom stereocenters. The second kappa shape index (κ2) is 13.5. The number of hydrogen-bond donors (Lipinski definition) is 2. The van der Waals surface area contributed by atoms with E-state index in [1.165, 1.54) is 13.8 Å². The zero-order valence-corrected chi connectivity index (χ0v) is 23.6. The molecule has 0 unspecified atom stereocenters. The highest BCUT2D eigenvalue weighted by atomic mass is 16.8. The van der Waals surface area contributed by atoms with Crippen molar-refractivity contribution >= 4 is 23.8 Å². The van der Waals surface area contributed by atoms with Crippen molar-refractivity contribution in [1.82, 2.24) is 5.32 Å². The number of carbonyl (C=O) groups is 4. The standard InChI is InChI=1S/C25H39NO14/c1-8-32-21-18(38-24-22(21)39-25(6,7)40-24)15(31)9-34-23-17(26-11(2)27)20(36-14(5)30)19(35-13(4)29)16(37-23)10-33-12(3)28/h15-24,31H,8-10H2,1-7H3,(H,26,27)/t15-,16+,17-,18-,19-,20+,21-,22+,23+,24+/m1/s1. The first-order valence-corrected chi connectivity index (χ1v) is 13.0. The van der Waals surface area contributed by atoms with Crippen LogP contribution in [0.3, 0.4) is 0 Å². The van der Waals surface area contributed by atoms with Gasteiger partial charge in [0.1, 0.15) is 43.2 Å². The maximum absolute atomic E-state index is 12.1. The van der Waals surface area contributed by atoms with Crippen molar-refractivity contribution in [1.29, 1.82) is 0 Å². The van der Waals surface area contributed by atoms with Crippen molar-refractivity contribution in [3.63, 3.8) is 0 Å². The van der Waals surface area contributed by atoms with Gasteiger partial charge in [0.25, 0.3) is 0 Å². The van der Waals surface area contributed by atoms with Gasteiger partial charge in [-0.25, -0.2) is 0 Å². The normalized spacial score (nSPS) is 35.4. The predicted octanol–water partition coefficient (Wildman–Crippen LogP) is -0.698. The van der Waals surface area contributed by atoms with Crippen molar-refractivity contribution in [3.8, 4) is 0 Å². The first-order valence-electron chi connectivity index (χ1n) is 13.0. The number of hydrogen-bond acceptors (Lipinski definition) is 14. The summed E-state index contributed by atoms with van der Waals surface area (Å²) in [5.41, 5.74) is 0. The molecule has 3 aliphatic heterocycles.